The smallest absolute Gasteiger partial charge is 0.355 e. The van der Waals surface area contributed by atoms with Gasteiger partial charge in [-0.2, -0.15) is 0 Å². The Morgan fingerprint density at radius 2 is 2.28 bits per heavy atom. The molecule has 1 aromatic carbocycles. The van der Waals surface area contributed by atoms with Gasteiger partial charge in [-0.1, -0.05) is 0 Å². The highest BCUT2D eigenvalue weighted by atomic mass is 16.5. The second kappa shape index (κ2) is 3.87. The molecule has 3 rings (SSSR count). The molecule has 18 heavy (non-hydrogen) atoms. The number of aldehydes is 1. The Morgan fingerprint density at radius 3 is 3.00 bits per heavy atom. The van der Waals surface area contributed by atoms with E-state index in [1.54, 1.807) is 13.2 Å². The lowest BCUT2D eigenvalue weighted by Gasteiger charge is -2.16. The molecule has 5 nitrogen and oxygen atoms in total. The Balaban J connectivity index is 2.40. The van der Waals surface area contributed by atoms with Gasteiger partial charge in [0.05, 0.1) is 19.2 Å². The number of cyclic esters (lactones) is 1. The molecule has 0 spiro atoms. The molecule has 0 saturated carbocycles. The van der Waals surface area contributed by atoms with E-state index in [1.807, 2.05) is 16.7 Å². The van der Waals surface area contributed by atoms with Crippen molar-refractivity contribution in [1.29, 1.82) is 0 Å². The monoisotopic (exact) mass is 245 g/mol. The quantitative estimate of drug-likeness (QED) is 0.596. The summed E-state index contributed by atoms with van der Waals surface area (Å²) in [5, 5.41) is 0.721. The van der Waals surface area contributed by atoms with Crippen LogP contribution in [0.3, 0.4) is 0 Å². The van der Waals surface area contributed by atoms with Crippen LogP contribution in [0.1, 0.15) is 20.8 Å². The fourth-order valence-corrected chi connectivity index (χ4v) is 2.36. The summed E-state index contributed by atoms with van der Waals surface area (Å²) in [6, 6.07) is 5.42. The Bertz CT molecular complexity index is 657. The number of benzene rings is 1. The van der Waals surface area contributed by atoms with Crippen molar-refractivity contribution in [2.75, 3.05) is 13.7 Å². The first-order valence-corrected chi connectivity index (χ1v) is 5.59. The van der Waals surface area contributed by atoms with Crippen LogP contribution in [-0.2, 0) is 11.3 Å². The van der Waals surface area contributed by atoms with Crippen LogP contribution < -0.4 is 4.74 Å². The topological polar surface area (TPSA) is 57.5 Å². The van der Waals surface area contributed by atoms with Crippen LogP contribution >= 0.6 is 0 Å². The van der Waals surface area contributed by atoms with Gasteiger partial charge in [0.2, 0.25) is 0 Å². The van der Waals surface area contributed by atoms with Gasteiger partial charge in [0.25, 0.3) is 0 Å². The van der Waals surface area contributed by atoms with Crippen LogP contribution in [0, 0.1) is 0 Å². The van der Waals surface area contributed by atoms with Gasteiger partial charge in [-0.3, -0.25) is 4.79 Å². The summed E-state index contributed by atoms with van der Waals surface area (Å²) in [6.07, 6.45) is 0.695. The molecule has 0 amide bonds. The van der Waals surface area contributed by atoms with E-state index in [4.69, 9.17) is 9.47 Å². The third-order valence-electron chi connectivity index (χ3n) is 3.17. The van der Waals surface area contributed by atoms with E-state index in [0.717, 1.165) is 10.9 Å². The van der Waals surface area contributed by atoms with Crippen molar-refractivity contribution in [3.8, 4) is 5.75 Å². The summed E-state index contributed by atoms with van der Waals surface area (Å²) in [5.41, 5.74) is 1.55. The predicted octanol–water partition coefficient (Wildman–Crippen LogP) is 1.63. The molecule has 0 radical (unpaired) electrons. The van der Waals surface area contributed by atoms with Crippen molar-refractivity contribution in [2.24, 2.45) is 0 Å². The minimum atomic E-state index is -0.446. The van der Waals surface area contributed by atoms with E-state index < -0.39 is 5.97 Å². The van der Waals surface area contributed by atoms with E-state index in [9.17, 15) is 9.59 Å². The van der Waals surface area contributed by atoms with Gasteiger partial charge in [0, 0.05) is 10.9 Å². The summed E-state index contributed by atoms with van der Waals surface area (Å²) in [6.45, 7) is 0.900. The van der Waals surface area contributed by atoms with Crippen molar-refractivity contribution in [1.82, 2.24) is 4.57 Å². The fraction of sp³-hybridized carbons (Fsp3) is 0.231. The lowest BCUT2D eigenvalue weighted by molar-refractivity contribution is 0.0423. The first-order valence-electron chi connectivity index (χ1n) is 5.59. The first kappa shape index (κ1) is 10.8. The molecule has 0 bridgehead atoms. The zero-order chi connectivity index (χ0) is 12.7. The van der Waals surface area contributed by atoms with Crippen LogP contribution in [0.15, 0.2) is 18.2 Å². The van der Waals surface area contributed by atoms with Crippen LogP contribution in [0.5, 0.6) is 5.75 Å². The Hall–Kier alpha value is -2.30. The van der Waals surface area contributed by atoms with Crippen molar-refractivity contribution in [3.63, 3.8) is 0 Å². The third kappa shape index (κ3) is 1.33. The van der Waals surface area contributed by atoms with E-state index in [-0.39, 0.29) is 0 Å². The van der Waals surface area contributed by atoms with Gasteiger partial charge < -0.3 is 14.0 Å². The van der Waals surface area contributed by atoms with Crippen molar-refractivity contribution < 1.29 is 19.1 Å². The molecule has 0 unspecified atom stereocenters. The number of fused-ring (bicyclic) bond motifs is 3. The van der Waals surface area contributed by atoms with Gasteiger partial charge in [0.15, 0.2) is 6.29 Å². The molecule has 92 valence electrons. The normalized spacial score (nSPS) is 14.2. The summed E-state index contributed by atoms with van der Waals surface area (Å²) in [7, 11) is 1.56. The van der Waals surface area contributed by atoms with Gasteiger partial charge in [-0.05, 0) is 18.2 Å². The maximum Gasteiger partial charge on any atom is 0.355 e. The molecule has 2 aromatic rings. The molecule has 0 atom stereocenters. The Morgan fingerprint density at radius 1 is 1.44 bits per heavy atom. The Kier molecular flexibility index (Phi) is 2.33. The van der Waals surface area contributed by atoms with Crippen molar-refractivity contribution in [2.45, 2.75) is 6.54 Å². The van der Waals surface area contributed by atoms with Crippen LogP contribution in [0.2, 0.25) is 0 Å². The highest BCUT2D eigenvalue weighted by molar-refractivity contribution is 6.09. The number of hydrogen-bond donors (Lipinski definition) is 0. The molecule has 0 saturated heterocycles. The molecule has 1 aromatic heterocycles. The molecule has 0 fully saturated rings. The first-order chi connectivity index (χ1) is 8.76. The number of nitrogens with zero attached hydrogens (tertiary/aromatic N) is 1. The van der Waals surface area contributed by atoms with Crippen molar-refractivity contribution in [3.05, 3.63) is 29.5 Å². The van der Waals surface area contributed by atoms with E-state index in [0.29, 0.717) is 36.4 Å². The SMILES string of the molecule is COc1ccc2c(c1)c(C=O)c1n2CCOC1=O. The average Bonchev–Trinajstić information content (AvgIpc) is 2.73. The van der Waals surface area contributed by atoms with Gasteiger partial charge in [0.1, 0.15) is 18.1 Å². The molecule has 0 N–H and O–H groups in total. The predicted molar refractivity (Wildman–Crippen MR) is 64.2 cm³/mol. The molecule has 5 heteroatoms. The summed E-state index contributed by atoms with van der Waals surface area (Å²) >= 11 is 0. The van der Waals surface area contributed by atoms with Crippen LogP contribution in [0.25, 0.3) is 10.9 Å². The highest BCUT2D eigenvalue weighted by Crippen LogP contribution is 2.30. The standard InChI is InChI=1S/C13H11NO4/c1-17-8-2-3-11-9(6-8)10(7-15)12-13(16)18-5-4-14(11)12/h2-3,6-7H,4-5H2,1H3. The number of esters is 1. The molecule has 1 aliphatic heterocycles. The molecular formula is C13H11NO4. The number of aromatic nitrogens is 1. The molecule has 2 heterocycles. The average molecular weight is 245 g/mol. The van der Waals surface area contributed by atoms with Crippen molar-refractivity contribution >= 4 is 23.2 Å². The lowest BCUT2D eigenvalue weighted by atomic mass is 10.1. The number of carbonyl (C=O) groups is 2. The second-order valence-electron chi connectivity index (χ2n) is 4.05. The minimum absolute atomic E-state index is 0.333. The van der Waals surface area contributed by atoms with Crippen LogP contribution in [0.4, 0.5) is 0 Å². The zero-order valence-electron chi connectivity index (χ0n) is 9.80. The van der Waals surface area contributed by atoms with E-state index >= 15 is 0 Å². The fourth-order valence-electron chi connectivity index (χ4n) is 2.36. The van der Waals surface area contributed by atoms with Crippen LogP contribution in [-0.4, -0.2) is 30.5 Å². The van der Waals surface area contributed by atoms with E-state index in [2.05, 4.69) is 0 Å². The molecule has 1 aliphatic rings. The summed E-state index contributed by atoms with van der Waals surface area (Å²) in [4.78, 5) is 23.0. The highest BCUT2D eigenvalue weighted by Gasteiger charge is 2.27. The summed E-state index contributed by atoms with van der Waals surface area (Å²) < 4.78 is 11.9. The molecular weight excluding hydrogens is 234 g/mol. The third-order valence-corrected chi connectivity index (χ3v) is 3.17. The number of methoxy groups -OCH3 is 1. The summed E-state index contributed by atoms with van der Waals surface area (Å²) in [5.74, 6) is 0.209. The number of carbonyl (C=O) groups excluding carboxylic acids is 2. The number of ether oxygens (including phenoxy) is 2. The maximum atomic E-state index is 11.8. The maximum absolute atomic E-state index is 11.8. The van der Waals surface area contributed by atoms with Gasteiger partial charge in [-0.15, -0.1) is 0 Å². The number of hydrogen-bond acceptors (Lipinski definition) is 4. The number of rotatable bonds is 2. The van der Waals surface area contributed by atoms with E-state index in [1.165, 1.54) is 0 Å². The van der Waals surface area contributed by atoms with Gasteiger partial charge >= 0.3 is 5.97 Å². The minimum Gasteiger partial charge on any atom is -0.497 e. The Labute approximate surface area is 103 Å². The largest absolute Gasteiger partial charge is 0.497 e. The zero-order valence-corrected chi connectivity index (χ0v) is 9.80. The molecule has 0 aliphatic carbocycles. The van der Waals surface area contributed by atoms with Gasteiger partial charge in [-0.25, -0.2) is 4.79 Å². The second-order valence-corrected chi connectivity index (χ2v) is 4.05. The lowest BCUT2D eigenvalue weighted by Crippen LogP contribution is -2.23.